The molecule has 1 aliphatic heterocycles. The molecule has 0 bridgehead atoms. The number of likely N-dealkylation sites (tertiary alicyclic amines) is 1. The van der Waals surface area contributed by atoms with Gasteiger partial charge in [0.15, 0.2) is 0 Å². The number of carbonyl (C=O) groups is 2. The summed E-state index contributed by atoms with van der Waals surface area (Å²) in [5.74, 6) is -2.33. The lowest BCUT2D eigenvalue weighted by atomic mass is 9.85. The van der Waals surface area contributed by atoms with Gasteiger partial charge in [0.25, 0.3) is 5.91 Å². The number of benzene rings is 2. The molecular weight excluding hydrogens is 473 g/mol. The van der Waals surface area contributed by atoms with E-state index in [1.165, 1.54) is 19.2 Å². The van der Waals surface area contributed by atoms with Crippen LogP contribution in [0.5, 0.6) is 0 Å². The van der Waals surface area contributed by atoms with Crippen molar-refractivity contribution in [3.05, 3.63) is 70.5 Å². The summed E-state index contributed by atoms with van der Waals surface area (Å²) >= 11 is 0. The summed E-state index contributed by atoms with van der Waals surface area (Å²) < 4.78 is 92.6. The topological polar surface area (TPSA) is 60.9 Å². The zero-order valence-corrected chi connectivity index (χ0v) is 17.6. The number of amides is 2. The largest absolute Gasteiger partial charge is 0.465 e. The van der Waals surface area contributed by atoms with Crippen LogP contribution < -0.4 is 0 Å². The van der Waals surface area contributed by atoms with Gasteiger partial charge in [0, 0.05) is 37.7 Å². The molecular formula is C22H19F7N2O3. The van der Waals surface area contributed by atoms with Crippen molar-refractivity contribution in [3.8, 4) is 0 Å². The number of rotatable bonds is 3. The van der Waals surface area contributed by atoms with Gasteiger partial charge < -0.3 is 14.9 Å². The predicted molar refractivity (Wildman–Crippen MR) is 106 cm³/mol. The first-order valence-electron chi connectivity index (χ1n) is 9.98. The number of nitrogens with zero attached hydrogens (tertiary/aromatic N) is 2. The molecule has 5 nitrogen and oxygen atoms in total. The molecule has 0 saturated carbocycles. The van der Waals surface area contributed by atoms with Crippen molar-refractivity contribution >= 4 is 12.0 Å². The van der Waals surface area contributed by atoms with Crippen LogP contribution in [0.4, 0.5) is 35.5 Å². The highest BCUT2D eigenvalue weighted by molar-refractivity contribution is 5.95. The van der Waals surface area contributed by atoms with Gasteiger partial charge in [-0.1, -0.05) is 12.1 Å². The zero-order chi connectivity index (χ0) is 25.4. The molecule has 2 aromatic carbocycles. The van der Waals surface area contributed by atoms with Crippen molar-refractivity contribution in [2.75, 3.05) is 20.1 Å². The van der Waals surface area contributed by atoms with Crippen LogP contribution in [0, 0.1) is 5.82 Å². The van der Waals surface area contributed by atoms with E-state index in [4.69, 9.17) is 0 Å². The van der Waals surface area contributed by atoms with Crippen LogP contribution in [-0.2, 0) is 12.4 Å². The summed E-state index contributed by atoms with van der Waals surface area (Å²) in [5, 5.41) is 9.34. The molecule has 1 aliphatic rings. The van der Waals surface area contributed by atoms with Gasteiger partial charge >= 0.3 is 18.4 Å². The molecule has 0 radical (unpaired) electrons. The minimum absolute atomic E-state index is 0.00823. The lowest BCUT2D eigenvalue weighted by Gasteiger charge is -2.42. The molecule has 0 aliphatic carbocycles. The second kappa shape index (κ2) is 9.15. The fraction of sp³-hybridized carbons (Fsp3) is 0.364. The molecule has 0 aromatic heterocycles. The van der Waals surface area contributed by atoms with E-state index >= 15 is 0 Å². The Morgan fingerprint density at radius 1 is 0.971 bits per heavy atom. The number of piperidine rings is 1. The number of hydrogen-bond acceptors (Lipinski definition) is 2. The van der Waals surface area contributed by atoms with E-state index in [1.807, 2.05) is 0 Å². The van der Waals surface area contributed by atoms with Crippen LogP contribution in [0.3, 0.4) is 0 Å². The number of carboxylic acid groups (broad SMARTS) is 1. The Hall–Kier alpha value is -3.31. The van der Waals surface area contributed by atoms with Gasteiger partial charge in [-0.15, -0.1) is 0 Å². The summed E-state index contributed by atoms with van der Waals surface area (Å²) in [6.45, 7) is -0.106. The van der Waals surface area contributed by atoms with Crippen molar-refractivity contribution in [2.45, 2.75) is 30.7 Å². The van der Waals surface area contributed by atoms with Gasteiger partial charge in [-0.3, -0.25) is 4.79 Å². The Morgan fingerprint density at radius 2 is 1.50 bits per heavy atom. The molecule has 12 heteroatoms. The first kappa shape index (κ1) is 25.3. The third-order valence-corrected chi connectivity index (χ3v) is 5.80. The van der Waals surface area contributed by atoms with Crippen molar-refractivity contribution in [2.24, 2.45) is 0 Å². The summed E-state index contributed by atoms with van der Waals surface area (Å²) in [6.07, 6.45) is -11.4. The average Bonchev–Trinajstić information content (AvgIpc) is 2.76. The van der Waals surface area contributed by atoms with E-state index in [0.29, 0.717) is 17.7 Å². The Morgan fingerprint density at radius 3 is 1.97 bits per heavy atom. The van der Waals surface area contributed by atoms with E-state index in [2.05, 4.69) is 0 Å². The second-order valence-electron chi connectivity index (χ2n) is 7.95. The van der Waals surface area contributed by atoms with Crippen LogP contribution in [0.1, 0.15) is 39.4 Å². The lowest BCUT2D eigenvalue weighted by molar-refractivity contribution is -0.143. The fourth-order valence-corrected chi connectivity index (χ4v) is 4.05. The molecule has 2 atom stereocenters. The molecule has 0 spiro atoms. The van der Waals surface area contributed by atoms with Gasteiger partial charge in [-0.2, -0.15) is 26.3 Å². The first-order chi connectivity index (χ1) is 15.7. The third-order valence-electron chi connectivity index (χ3n) is 5.80. The molecule has 3 rings (SSSR count). The highest BCUT2D eigenvalue weighted by atomic mass is 19.4. The van der Waals surface area contributed by atoms with Crippen LogP contribution in [0.25, 0.3) is 0 Å². The van der Waals surface area contributed by atoms with E-state index < -0.39 is 58.8 Å². The summed E-state index contributed by atoms with van der Waals surface area (Å²) in [6, 6.07) is 4.93. The quantitative estimate of drug-likeness (QED) is 0.578. The lowest BCUT2D eigenvalue weighted by Crippen LogP contribution is -2.51. The maximum atomic E-state index is 13.4. The number of likely N-dealkylation sites (N-methyl/N-ethyl adjacent to an activating group) is 1. The summed E-state index contributed by atoms with van der Waals surface area (Å²) in [7, 11) is 1.23. The smallest absolute Gasteiger partial charge is 0.416 e. The first-order valence-corrected chi connectivity index (χ1v) is 9.98. The van der Waals surface area contributed by atoms with E-state index in [1.54, 1.807) is 0 Å². The van der Waals surface area contributed by atoms with Crippen molar-refractivity contribution in [3.63, 3.8) is 0 Å². The number of halogens is 7. The van der Waals surface area contributed by atoms with Gasteiger partial charge in [-0.05, 0) is 42.3 Å². The molecule has 184 valence electrons. The molecule has 2 amide bonds. The minimum Gasteiger partial charge on any atom is -0.465 e. The van der Waals surface area contributed by atoms with Gasteiger partial charge in [0.2, 0.25) is 0 Å². The van der Waals surface area contributed by atoms with Crippen LogP contribution in [0.2, 0.25) is 0 Å². The molecule has 2 unspecified atom stereocenters. The van der Waals surface area contributed by atoms with Crippen molar-refractivity contribution in [1.29, 1.82) is 0 Å². The molecule has 34 heavy (non-hydrogen) atoms. The van der Waals surface area contributed by atoms with Crippen LogP contribution >= 0.6 is 0 Å². The number of alkyl halides is 6. The van der Waals surface area contributed by atoms with Gasteiger partial charge in [-0.25, -0.2) is 9.18 Å². The van der Waals surface area contributed by atoms with E-state index in [-0.39, 0.29) is 25.6 Å². The molecule has 1 fully saturated rings. The Labute approximate surface area is 189 Å². The fourth-order valence-electron chi connectivity index (χ4n) is 4.05. The standard InChI is InChI=1S/C22H19F7N2O3/c1-30(19(32)13-8-14(21(24,25)26)10-15(9-13)22(27,28)29)18-6-7-31(20(33)34)11-17(18)12-2-4-16(23)5-3-12/h2-5,8-10,17-18H,6-7,11H2,1H3,(H,33,34). The van der Waals surface area contributed by atoms with E-state index in [9.17, 15) is 45.4 Å². The normalized spacial score (nSPS) is 19.1. The summed E-state index contributed by atoms with van der Waals surface area (Å²) in [4.78, 5) is 26.6. The molecule has 1 heterocycles. The second-order valence-corrected chi connectivity index (χ2v) is 7.95. The van der Waals surface area contributed by atoms with Crippen molar-refractivity contribution in [1.82, 2.24) is 9.80 Å². The minimum atomic E-state index is -5.11. The SMILES string of the molecule is CN(C(=O)c1cc(C(F)(F)F)cc(C(F)(F)F)c1)C1CCN(C(=O)O)CC1c1ccc(F)cc1. The third kappa shape index (κ3) is 5.42. The zero-order valence-electron chi connectivity index (χ0n) is 17.6. The molecule has 1 saturated heterocycles. The Kier molecular flexibility index (Phi) is 6.81. The van der Waals surface area contributed by atoms with Crippen molar-refractivity contribution < 1.29 is 45.4 Å². The van der Waals surface area contributed by atoms with E-state index in [0.717, 1.165) is 21.9 Å². The monoisotopic (exact) mass is 492 g/mol. The molecule has 1 N–H and O–H groups in total. The maximum Gasteiger partial charge on any atom is 0.416 e. The Bertz CT molecular complexity index is 1040. The van der Waals surface area contributed by atoms with Crippen LogP contribution in [0.15, 0.2) is 42.5 Å². The highest BCUT2D eigenvalue weighted by Gasteiger charge is 2.40. The number of carbonyl (C=O) groups excluding carboxylic acids is 1. The summed E-state index contributed by atoms with van der Waals surface area (Å²) in [5.41, 5.74) is -3.56. The Balaban J connectivity index is 1.99. The van der Waals surface area contributed by atoms with Crippen LogP contribution in [-0.4, -0.2) is 53.1 Å². The van der Waals surface area contributed by atoms with Gasteiger partial charge in [0.1, 0.15) is 5.82 Å². The maximum absolute atomic E-state index is 13.4. The predicted octanol–water partition coefficient (Wildman–Crippen LogP) is 5.47. The highest BCUT2D eigenvalue weighted by Crippen LogP contribution is 2.37. The average molecular weight is 492 g/mol. The molecule has 2 aromatic rings. The van der Waals surface area contributed by atoms with Gasteiger partial charge in [0.05, 0.1) is 11.1 Å². The number of hydrogen-bond donors (Lipinski definition) is 1.